The maximum atomic E-state index is 10.9. The summed E-state index contributed by atoms with van der Waals surface area (Å²) < 4.78 is 0. The maximum absolute atomic E-state index is 10.9. The largest absolute Gasteiger partial charge is 0.478 e. The zero-order valence-corrected chi connectivity index (χ0v) is 8.80. The minimum atomic E-state index is -1.64. The van der Waals surface area contributed by atoms with E-state index in [1.54, 1.807) is 0 Å². The Balaban J connectivity index is 3.94. The van der Waals surface area contributed by atoms with E-state index in [4.69, 9.17) is 32.5 Å². The number of nitrogens with two attached hydrogens (primary N) is 3. The average Bonchev–Trinajstić information content (AvgIpc) is 2.14. The zero-order chi connectivity index (χ0) is 14.2. The molecule has 0 saturated carbocycles. The Morgan fingerprint density at radius 1 is 0.611 bits per heavy atom. The summed E-state index contributed by atoms with van der Waals surface area (Å²) in [6.45, 7) is 0. The third-order valence-corrected chi connectivity index (χ3v) is 2.26. The first kappa shape index (κ1) is 13.1. The van der Waals surface area contributed by atoms with Gasteiger partial charge in [-0.05, 0) is 0 Å². The van der Waals surface area contributed by atoms with Crippen molar-refractivity contribution in [2.24, 2.45) is 0 Å². The Morgan fingerprint density at radius 3 is 0.889 bits per heavy atom. The smallest absolute Gasteiger partial charge is 0.339 e. The van der Waals surface area contributed by atoms with E-state index in [0.29, 0.717) is 0 Å². The lowest BCUT2D eigenvalue weighted by atomic mass is 9.97. The molecule has 9 nitrogen and oxygen atoms in total. The predicted molar refractivity (Wildman–Crippen MR) is 60.6 cm³/mol. The highest BCUT2D eigenvalue weighted by atomic mass is 16.4. The van der Waals surface area contributed by atoms with Gasteiger partial charge in [-0.15, -0.1) is 0 Å². The number of nitrogen functional groups attached to an aromatic ring is 3. The summed E-state index contributed by atoms with van der Waals surface area (Å²) in [5, 5.41) is 26.6. The molecular formula is C9H9N3O6. The van der Waals surface area contributed by atoms with E-state index in [1.807, 2.05) is 0 Å². The van der Waals surface area contributed by atoms with Crippen molar-refractivity contribution in [1.82, 2.24) is 0 Å². The molecule has 9 heteroatoms. The molecule has 18 heavy (non-hydrogen) atoms. The fraction of sp³-hybridized carbons (Fsp3) is 0. The molecule has 0 heterocycles. The average molecular weight is 255 g/mol. The molecule has 0 radical (unpaired) electrons. The van der Waals surface area contributed by atoms with Crippen LogP contribution in [0.4, 0.5) is 17.1 Å². The first-order valence-electron chi connectivity index (χ1n) is 4.40. The van der Waals surface area contributed by atoms with E-state index < -0.39 is 51.7 Å². The van der Waals surface area contributed by atoms with Gasteiger partial charge in [0.05, 0.1) is 17.1 Å². The van der Waals surface area contributed by atoms with Gasteiger partial charge in [-0.3, -0.25) is 0 Å². The van der Waals surface area contributed by atoms with Crippen LogP contribution in [0.2, 0.25) is 0 Å². The number of carbonyl (C=O) groups is 3. The van der Waals surface area contributed by atoms with Gasteiger partial charge in [0.25, 0.3) is 0 Å². The summed E-state index contributed by atoms with van der Waals surface area (Å²) in [4.78, 5) is 32.8. The van der Waals surface area contributed by atoms with Crippen molar-refractivity contribution in [3.8, 4) is 0 Å². The van der Waals surface area contributed by atoms with Crippen LogP contribution in [0.25, 0.3) is 0 Å². The fourth-order valence-corrected chi connectivity index (χ4v) is 1.50. The van der Waals surface area contributed by atoms with E-state index in [1.165, 1.54) is 0 Å². The Labute approximate surface area is 99.4 Å². The first-order valence-corrected chi connectivity index (χ1v) is 4.40. The lowest BCUT2D eigenvalue weighted by Crippen LogP contribution is -2.19. The summed E-state index contributed by atoms with van der Waals surface area (Å²) in [6, 6.07) is 0. The van der Waals surface area contributed by atoms with Gasteiger partial charge in [0.15, 0.2) is 0 Å². The van der Waals surface area contributed by atoms with Crippen molar-refractivity contribution in [3.63, 3.8) is 0 Å². The monoisotopic (exact) mass is 255 g/mol. The van der Waals surface area contributed by atoms with E-state index >= 15 is 0 Å². The summed E-state index contributed by atoms with van der Waals surface area (Å²) in [7, 11) is 0. The summed E-state index contributed by atoms with van der Waals surface area (Å²) in [6.07, 6.45) is 0. The molecule has 0 aliphatic rings. The molecule has 1 aromatic carbocycles. The zero-order valence-electron chi connectivity index (χ0n) is 8.80. The number of hydrogen-bond acceptors (Lipinski definition) is 6. The van der Waals surface area contributed by atoms with Crippen LogP contribution in [-0.2, 0) is 0 Å². The molecule has 0 unspecified atom stereocenters. The molecule has 0 atom stereocenters. The fourth-order valence-electron chi connectivity index (χ4n) is 1.50. The van der Waals surface area contributed by atoms with Crippen molar-refractivity contribution in [3.05, 3.63) is 16.7 Å². The van der Waals surface area contributed by atoms with Gasteiger partial charge in [0, 0.05) is 0 Å². The van der Waals surface area contributed by atoms with Gasteiger partial charge < -0.3 is 32.5 Å². The highest BCUT2D eigenvalue weighted by molar-refractivity contribution is 6.16. The molecule has 0 saturated heterocycles. The van der Waals surface area contributed by atoms with Crippen LogP contribution >= 0.6 is 0 Å². The quantitative estimate of drug-likeness (QED) is 0.387. The molecule has 0 spiro atoms. The second-order valence-corrected chi connectivity index (χ2v) is 3.28. The molecule has 0 bridgehead atoms. The van der Waals surface area contributed by atoms with E-state index in [0.717, 1.165) is 0 Å². The molecule has 9 N–H and O–H groups in total. The summed E-state index contributed by atoms with van der Waals surface area (Å²) in [5.41, 5.74) is 11.6. The van der Waals surface area contributed by atoms with Gasteiger partial charge >= 0.3 is 17.9 Å². The number of carboxylic acids is 3. The van der Waals surface area contributed by atoms with Gasteiger partial charge in [-0.25, -0.2) is 14.4 Å². The number of anilines is 3. The Kier molecular flexibility index (Phi) is 3.00. The van der Waals surface area contributed by atoms with Crippen molar-refractivity contribution in [2.45, 2.75) is 0 Å². The minimum Gasteiger partial charge on any atom is -0.478 e. The van der Waals surface area contributed by atoms with Crippen LogP contribution in [0.1, 0.15) is 31.1 Å². The third kappa shape index (κ3) is 1.73. The van der Waals surface area contributed by atoms with Crippen LogP contribution in [0, 0.1) is 0 Å². The molecular weight excluding hydrogens is 246 g/mol. The van der Waals surface area contributed by atoms with Crippen molar-refractivity contribution in [1.29, 1.82) is 0 Å². The summed E-state index contributed by atoms with van der Waals surface area (Å²) >= 11 is 0. The minimum absolute atomic E-state index is 0.685. The van der Waals surface area contributed by atoms with Crippen LogP contribution in [0.3, 0.4) is 0 Å². The molecule has 1 rings (SSSR count). The second kappa shape index (κ2) is 4.13. The van der Waals surface area contributed by atoms with Crippen LogP contribution in [0.5, 0.6) is 0 Å². The highest BCUT2D eigenvalue weighted by Gasteiger charge is 2.29. The van der Waals surface area contributed by atoms with Gasteiger partial charge in [-0.1, -0.05) is 0 Å². The van der Waals surface area contributed by atoms with E-state index in [-0.39, 0.29) is 0 Å². The molecule has 0 aliphatic heterocycles. The maximum Gasteiger partial charge on any atom is 0.339 e. The van der Waals surface area contributed by atoms with Crippen molar-refractivity contribution >= 4 is 35.0 Å². The van der Waals surface area contributed by atoms with Gasteiger partial charge in [0.2, 0.25) is 0 Å². The molecule has 96 valence electrons. The number of carboxylic acid groups (broad SMARTS) is 3. The van der Waals surface area contributed by atoms with Crippen LogP contribution < -0.4 is 17.2 Å². The first-order chi connectivity index (χ1) is 8.20. The Hall–Kier alpha value is -2.97. The molecule has 0 aliphatic carbocycles. The predicted octanol–water partition coefficient (Wildman–Crippen LogP) is -0.472. The third-order valence-electron chi connectivity index (χ3n) is 2.26. The van der Waals surface area contributed by atoms with Gasteiger partial charge in [0.1, 0.15) is 16.7 Å². The SMILES string of the molecule is Nc1c(C(=O)O)c(N)c(C(=O)O)c(N)c1C(=O)O. The van der Waals surface area contributed by atoms with E-state index in [9.17, 15) is 14.4 Å². The number of rotatable bonds is 3. The molecule has 0 aromatic heterocycles. The highest BCUT2D eigenvalue weighted by Crippen LogP contribution is 2.34. The van der Waals surface area contributed by atoms with Crippen LogP contribution in [0.15, 0.2) is 0 Å². The standard InChI is InChI=1S/C9H9N3O6/c10-4-1(7(13)14)5(11)3(9(17)18)6(12)2(4)8(15)16/h10-12H2,(H,13,14)(H,15,16)(H,17,18). The summed E-state index contributed by atoms with van der Waals surface area (Å²) in [5.74, 6) is -4.93. The molecule has 0 fully saturated rings. The van der Waals surface area contributed by atoms with Crippen molar-refractivity contribution in [2.75, 3.05) is 17.2 Å². The lowest BCUT2D eigenvalue weighted by molar-refractivity contribution is 0.0696. The molecule has 1 aromatic rings. The lowest BCUT2D eigenvalue weighted by Gasteiger charge is -2.14. The normalized spacial score (nSPS) is 10.0. The van der Waals surface area contributed by atoms with Crippen LogP contribution in [-0.4, -0.2) is 33.2 Å². The van der Waals surface area contributed by atoms with Crippen molar-refractivity contribution < 1.29 is 29.7 Å². The Bertz CT molecular complexity index is 478. The number of aromatic carboxylic acids is 3. The topological polar surface area (TPSA) is 190 Å². The Morgan fingerprint density at radius 2 is 0.778 bits per heavy atom. The number of benzene rings is 1. The van der Waals surface area contributed by atoms with Gasteiger partial charge in [-0.2, -0.15) is 0 Å². The number of hydrogen-bond donors (Lipinski definition) is 6. The van der Waals surface area contributed by atoms with E-state index in [2.05, 4.69) is 0 Å². The molecule has 0 amide bonds. The second-order valence-electron chi connectivity index (χ2n) is 3.28.